The van der Waals surface area contributed by atoms with Crippen molar-refractivity contribution in [3.05, 3.63) is 0 Å². The predicted molar refractivity (Wildman–Crippen MR) is 41.6 cm³/mol. The van der Waals surface area contributed by atoms with Crippen molar-refractivity contribution in [3.63, 3.8) is 0 Å². The maximum absolute atomic E-state index is 5.11. The molecule has 46 valence electrons. The average Bonchev–Trinajstić information content (AvgIpc) is 1.59. The van der Waals surface area contributed by atoms with E-state index in [0.29, 0.717) is 0 Å². The quantitative estimate of drug-likeness (QED) is 0.393. The summed E-state index contributed by atoms with van der Waals surface area (Å²) in [5.74, 6) is 2.66. The van der Waals surface area contributed by atoms with E-state index in [9.17, 15) is 0 Å². The van der Waals surface area contributed by atoms with Crippen LogP contribution < -0.4 is 0 Å². The topological polar surface area (TPSA) is 0 Å². The van der Waals surface area contributed by atoms with Gasteiger partial charge < -0.3 is 0 Å². The third-order valence-electron chi connectivity index (χ3n) is 1.02. The van der Waals surface area contributed by atoms with Gasteiger partial charge in [0.1, 0.15) is 0 Å². The Bertz CT molecular complexity index is 91.9. The summed E-state index contributed by atoms with van der Waals surface area (Å²) in [7, 11) is -0.821. The molecule has 0 aliphatic rings. The molecule has 0 spiro atoms. The minimum atomic E-state index is -0.821. The van der Waals surface area contributed by atoms with Gasteiger partial charge in [0.15, 0.2) is 0 Å². The van der Waals surface area contributed by atoms with Crippen LogP contribution in [0.4, 0.5) is 0 Å². The molecule has 0 atom stereocenters. The molecular weight excluding hydrogens is 112 g/mol. The summed E-state index contributed by atoms with van der Waals surface area (Å²) >= 11 is 0. The molecule has 0 heterocycles. The van der Waals surface area contributed by atoms with Crippen LogP contribution in [0.2, 0.25) is 25.7 Å². The molecule has 0 unspecified atom stereocenters. The van der Waals surface area contributed by atoms with E-state index in [1.807, 2.05) is 0 Å². The number of terminal acetylenes is 1. The van der Waals surface area contributed by atoms with Gasteiger partial charge in [0.25, 0.3) is 0 Å². The van der Waals surface area contributed by atoms with Crippen molar-refractivity contribution < 1.29 is 0 Å². The van der Waals surface area contributed by atoms with Crippen molar-refractivity contribution in [3.8, 4) is 12.3 Å². The van der Waals surface area contributed by atoms with E-state index in [2.05, 4.69) is 25.6 Å². The maximum atomic E-state index is 5.11. The van der Waals surface area contributed by atoms with Crippen LogP contribution in [0.5, 0.6) is 0 Å². The summed E-state index contributed by atoms with van der Waals surface area (Å²) in [6.45, 7) is 7.01. The second-order valence-electron chi connectivity index (χ2n) is 3.26. The molecule has 0 nitrogen and oxygen atoms in total. The van der Waals surface area contributed by atoms with Gasteiger partial charge in [-0.25, -0.2) is 0 Å². The van der Waals surface area contributed by atoms with Crippen molar-refractivity contribution in [2.45, 2.75) is 32.1 Å². The Balaban J connectivity index is 3.28. The molecule has 0 aromatic carbocycles. The maximum Gasteiger partial charge on any atom is 0.0452 e. The molecule has 0 aromatic rings. The Morgan fingerprint density at radius 2 is 1.88 bits per heavy atom. The Labute approximate surface area is 53.3 Å². The normalized spacial score (nSPS) is 10.8. The third-order valence-corrected chi connectivity index (χ3v) is 2.77. The van der Waals surface area contributed by atoms with E-state index >= 15 is 0 Å². The Morgan fingerprint density at radius 3 is 2.00 bits per heavy atom. The number of rotatable bonds is 2. The van der Waals surface area contributed by atoms with Gasteiger partial charge in [0, 0.05) is 14.5 Å². The van der Waals surface area contributed by atoms with Gasteiger partial charge in [-0.1, -0.05) is 19.6 Å². The molecule has 0 saturated heterocycles. The zero-order chi connectivity index (χ0) is 6.62. The first-order valence-electron chi connectivity index (χ1n) is 3.00. The van der Waals surface area contributed by atoms with Gasteiger partial charge in [-0.2, -0.15) is 0 Å². The van der Waals surface area contributed by atoms with E-state index in [1.165, 1.54) is 6.04 Å². The van der Waals surface area contributed by atoms with Crippen molar-refractivity contribution in [2.75, 3.05) is 0 Å². The van der Waals surface area contributed by atoms with E-state index in [4.69, 9.17) is 6.42 Å². The summed E-state index contributed by atoms with van der Waals surface area (Å²) in [5.41, 5.74) is 0. The summed E-state index contributed by atoms with van der Waals surface area (Å²) in [5, 5.41) is 0. The molecule has 1 heteroatoms. The molecule has 0 N–H and O–H groups in total. The number of hydrogen-bond acceptors (Lipinski definition) is 0. The average molecular weight is 126 g/mol. The molecule has 0 bridgehead atoms. The van der Waals surface area contributed by atoms with Crippen molar-refractivity contribution >= 4 is 8.07 Å². The van der Waals surface area contributed by atoms with Gasteiger partial charge in [-0.05, 0) is 6.04 Å². The molecule has 0 aliphatic carbocycles. The first kappa shape index (κ1) is 7.78. The van der Waals surface area contributed by atoms with Crippen molar-refractivity contribution in [1.29, 1.82) is 0 Å². The minimum Gasteiger partial charge on any atom is -0.120 e. The first-order valence-corrected chi connectivity index (χ1v) is 6.70. The van der Waals surface area contributed by atoms with Crippen LogP contribution in [0.15, 0.2) is 0 Å². The monoisotopic (exact) mass is 126 g/mol. The van der Waals surface area contributed by atoms with Crippen LogP contribution in [0.25, 0.3) is 0 Å². The van der Waals surface area contributed by atoms with Crippen LogP contribution >= 0.6 is 0 Å². The molecule has 0 aliphatic heterocycles. The lowest BCUT2D eigenvalue weighted by Gasteiger charge is -2.12. The van der Waals surface area contributed by atoms with Crippen LogP contribution in [-0.4, -0.2) is 8.07 Å². The predicted octanol–water partition coefficient (Wildman–Crippen LogP) is 2.35. The molecule has 0 aromatic heterocycles. The molecule has 8 heavy (non-hydrogen) atoms. The van der Waals surface area contributed by atoms with Crippen LogP contribution in [0.3, 0.4) is 0 Å². The molecule has 0 fully saturated rings. The van der Waals surface area contributed by atoms with Crippen LogP contribution in [-0.2, 0) is 0 Å². The summed E-state index contributed by atoms with van der Waals surface area (Å²) < 4.78 is 0. The highest BCUT2D eigenvalue weighted by molar-refractivity contribution is 6.76. The van der Waals surface area contributed by atoms with E-state index in [0.717, 1.165) is 6.42 Å². The highest BCUT2D eigenvalue weighted by Gasteiger charge is 2.10. The molecule has 0 rings (SSSR count). The lowest BCUT2D eigenvalue weighted by molar-refractivity contribution is 1.20. The Hall–Kier alpha value is -0.223. The van der Waals surface area contributed by atoms with Gasteiger partial charge in [-0.3, -0.25) is 0 Å². The molecular formula is C7H14Si. The zero-order valence-electron chi connectivity index (χ0n) is 5.99. The van der Waals surface area contributed by atoms with E-state index in [-0.39, 0.29) is 0 Å². The fraction of sp³-hybridized carbons (Fsp3) is 0.714. The van der Waals surface area contributed by atoms with Crippen molar-refractivity contribution in [1.82, 2.24) is 0 Å². The second kappa shape index (κ2) is 2.94. The second-order valence-corrected chi connectivity index (χ2v) is 8.89. The Morgan fingerprint density at radius 1 is 1.38 bits per heavy atom. The highest BCUT2D eigenvalue weighted by atomic mass is 28.3. The largest absolute Gasteiger partial charge is 0.120 e. The van der Waals surface area contributed by atoms with E-state index in [1.54, 1.807) is 0 Å². The molecule has 0 amide bonds. The standard InChI is InChI=1S/C7H14Si/c1-5-6-7-8(2,3)4/h1H,6-7H2,2-4H3. The molecule has 0 saturated carbocycles. The highest BCUT2D eigenvalue weighted by Crippen LogP contribution is 2.09. The zero-order valence-corrected chi connectivity index (χ0v) is 6.99. The smallest absolute Gasteiger partial charge is 0.0452 e. The third kappa shape index (κ3) is 5.78. The fourth-order valence-corrected chi connectivity index (χ4v) is 1.34. The lowest BCUT2D eigenvalue weighted by atomic mass is 10.5. The lowest BCUT2D eigenvalue weighted by Crippen LogP contribution is -2.18. The van der Waals surface area contributed by atoms with Crippen LogP contribution in [0.1, 0.15) is 6.42 Å². The SMILES string of the molecule is C#CCC[Si](C)(C)C. The van der Waals surface area contributed by atoms with Gasteiger partial charge in [0.05, 0.1) is 0 Å². The van der Waals surface area contributed by atoms with Crippen LogP contribution in [0, 0.1) is 12.3 Å². The van der Waals surface area contributed by atoms with Gasteiger partial charge >= 0.3 is 0 Å². The van der Waals surface area contributed by atoms with E-state index < -0.39 is 8.07 Å². The summed E-state index contributed by atoms with van der Waals surface area (Å²) in [6.07, 6.45) is 6.08. The van der Waals surface area contributed by atoms with Gasteiger partial charge in [0.2, 0.25) is 0 Å². The fourth-order valence-electron chi connectivity index (χ4n) is 0.447. The molecule has 0 radical (unpaired) electrons. The van der Waals surface area contributed by atoms with Gasteiger partial charge in [-0.15, -0.1) is 12.3 Å². The number of hydrogen-bond donors (Lipinski definition) is 0. The van der Waals surface area contributed by atoms with Crippen molar-refractivity contribution in [2.24, 2.45) is 0 Å². The summed E-state index contributed by atoms with van der Waals surface area (Å²) in [6, 6.07) is 1.27. The first-order chi connectivity index (χ1) is 3.56. The summed E-state index contributed by atoms with van der Waals surface area (Å²) in [4.78, 5) is 0. The Kier molecular flexibility index (Phi) is 2.85. The minimum absolute atomic E-state index is 0.821.